The number of nitrogens with zero attached hydrogens (tertiary/aromatic N) is 1. The van der Waals surface area contributed by atoms with Crippen LogP contribution in [0.1, 0.15) is 33.1 Å². The van der Waals surface area contributed by atoms with Crippen molar-refractivity contribution in [2.75, 3.05) is 32.8 Å². The van der Waals surface area contributed by atoms with Gasteiger partial charge < -0.3 is 14.6 Å². The molecule has 0 radical (unpaired) electrons. The Balaban J connectivity index is 1.70. The number of piperidine rings is 1. The van der Waals surface area contributed by atoms with Crippen LogP contribution in [-0.2, 0) is 0 Å². The summed E-state index contributed by atoms with van der Waals surface area (Å²) >= 11 is 0. The average molecular weight is 293 g/mol. The summed E-state index contributed by atoms with van der Waals surface area (Å²) in [6, 6.07) is 7.77. The second-order valence-electron chi connectivity index (χ2n) is 6.04. The van der Waals surface area contributed by atoms with E-state index < -0.39 is 5.60 Å². The van der Waals surface area contributed by atoms with E-state index in [1.807, 2.05) is 31.2 Å². The monoisotopic (exact) mass is 293 g/mol. The van der Waals surface area contributed by atoms with Gasteiger partial charge in [0.2, 0.25) is 0 Å². The molecule has 1 atom stereocenters. The van der Waals surface area contributed by atoms with Crippen molar-refractivity contribution in [3.63, 3.8) is 0 Å². The second-order valence-corrected chi connectivity index (χ2v) is 6.04. The number of hydrogen-bond donors (Lipinski definition) is 1. The van der Waals surface area contributed by atoms with E-state index in [-0.39, 0.29) is 0 Å². The molecule has 0 spiro atoms. The van der Waals surface area contributed by atoms with Crippen molar-refractivity contribution in [1.29, 1.82) is 0 Å². The van der Waals surface area contributed by atoms with Crippen molar-refractivity contribution < 1.29 is 14.6 Å². The maximum atomic E-state index is 10.1. The SMILES string of the molecule is CCCOc1ccc(OCCN2CCCC(C)(O)C2)cc1. The van der Waals surface area contributed by atoms with Crippen molar-refractivity contribution in [2.24, 2.45) is 0 Å². The first kappa shape index (κ1) is 16.1. The molecule has 2 rings (SSSR count). The number of β-amino-alcohol motifs (C(OH)–C–C–N with tert-alkyl or cyclic N) is 1. The van der Waals surface area contributed by atoms with E-state index in [1.165, 1.54) is 0 Å². The lowest BCUT2D eigenvalue weighted by Gasteiger charge is -2.36. The molecule has 118 valence electrons. The van der Waals surface area contributed by atoms with Crippen LogP contribution in [0.2, 0.25) is 0 Å². The van der Waals surface area contributed by atoms with Gasteiger partial charge in [-0.1, -0.05) is 6.92 Å². The van der Waals surface area contributed by atoms with E-state index in [2.05, 4.69) is 11.8 Å². The summed E-state index contributed by atoms with van der Waals surface area (Å²) in [5.41, 5.74) is -0.545. The van der Waals surface area contributed by atoms with Crippen molar-refractivity contribution in [3.8, 4) is 11.5 Å². The Morgan fingerprint density at radius 2 is 1.76 bits per heavy atom. The predicted molar refractivity (Wildman–Crippen MR) is 84.0 cm³/mol. The third kappa shape index (κ3) is 5.56. The Kier molecular flexibility index (Phi) is 5.88. The summed E-state index contributed by atoms with van der Waals surface area (Å²) < 4.78 is 11.3. The van der Waals surface area contributed by atoms with Crippen molar-refractivity contribution in [2.45, 2.75) is 38.7 Å². The lowest BCUT2D eigenvalue weighted by molar-refractivity contribution is -0.0183. The predicted octanol–water partition coefficient (Wildman–Crippen LogP) is 2.70. The largest absolute Gasteiger partial charge is 0.494 e. The van der Waals surface area contributed by atoms with Crippen LogP contribution >= 0.6 is 0 Å². The number of likely N-dealkylation sites (tertiary alicyclic amines) is 1. The van der Waals surface area contributed by atoms with Crippen LogP contribution < -0.4 is 9.47 Å². The topological polar surface area (TPSA) is 41.9 Å². The molecular weight excluding hydrogens is 266 g/mol. The summed E-state index contributed by atoms with van der Waals surface area (Å²) in [5, 5.41) is 10.1. The molecule has 1 saturated heterocycles. The van der Waals surface area contributed by atoms with Crippen molar-refractivity contribution in [3.05, 3.63) is 24.3 Å². The summed E-state index contributed by atoms with van der Waals surface area (Å²) in [5.74, 6) is 1.75. The van der Waals surface area contributed by atoms with Crippen LogP contribution in [0.3, 0.4) is 0 Å². The molecule has 1 aromatic carbocycles. The smallest absolute Gasteiger partial charge is 0.119 e. The molecular formula is C17H27NO3. The van der Waals surface area contributed by atoms with Crippen LogP contribution in [0.15, 0.2) is 24.3 Å². The van der Waals surface area contributed by atoms with Gasteiger partial charge in [-0.05, 0) is 57.0 Å². The van der Waals surface area contributed by atoms with E-state index in [1.54, 1.807) is 0 Å². The Bertz CT molecular complexity index is 417. The fourth-order valence-electron chi connectivity index (χ4n) is 2.66. The van der Waals surface area contributed by atoms with E-state index >= 15 is 0 Å². The Morgan fingerprint density at radius 3 is 2.33 bits per heavy atom. The standard InChI is InChI=1S/C17H27NO3/c1-3-12-20-15-5-7-16(8-6-15)21-13-11-18-10-4-9-17(2,19)14-18/h5-8,19H,3-4,9-14H2,1-2H3. The molecule has 4 heteroatoms. The zero-order valence-electron chi connectivity index (χ0n) is 13.2. The summed E-state index contributed by atoms with van der Waals surface area (Å²) in [7, 11) is 0. The highest BCUT2D eigenvalue weighted by Gasteiger charge is 2.27. The molecule has 0 amide bonds. The highest BCUT2D eigenvalue weighted by atomic mass is 16.5. The fraction of sp³-hybridized carbons (Fsp3) is 0.647. The number of ether oxygens (including phenoxy) is 2. The van der Waals surface area contributed by atoms with Gasteiger partial charge in [0.05, 0.1) is 12.2 Å². The van der Waals surface area contributed by atoms with Crippen molar-refractivity contribution >= 4 is 0 Å². The third-order valence-corrected chi connectivity index (χ3v) is 3.73. The van der Waals surface area contributed by atoms with Gasteiger partial charge in [-0.15, -0.1) is 0 Å². The normalized spacial score (nSPS) is 23.0. The minimum Gasteiger partial charge on any atom is -0.494 e. The van der Waals surface area contributed by atoms with Gasteiger partial charge >= 0.3 is 0 Å². The van der Waals surface area contributed by atoms with Crippen LogP contribution in [-0.4, -0.2) is 48.5 Å². The number of rotatable bonds is 7. The molecule has 1 heterocycles. The number of benzene rings is 1. The molecule has 1 unspecified atom stereocenters. The van der Waals surface area contributed by atoms with Crippen LogP contribution in [0.25, 0.3) is 0 Å². The van der Waals surface area contributed by atoms with E-state index in [9.17, 15) is 5.11 Å². The molecule has 1 aromatic rings. The van der Waals surface area contributed by atoms with E-state index in [0.717, 1.165) is 57.0 Å². The maximum absolute atomic E-state index is 10.1. The molecule has 1 aliphatic heterocycles. The number of hydrogen-bond acceptors (Lipinski definition) is 4. The Labute approximate surface area is 127 Å². The molecule has 21 heavy (non-hydrogen) atoms. The van der Waals surface area contributed by atoms with Crippen LogP contribution in [0, 0.1) is 0 Å². The molecule has 0 aliphatic carbocycles. The first-order chi connectivity index (χ1) is 10.1. The molecule has 1 aliphatic rings. The maximum Gasteiger partial charge on any atom is 0.119 e. The van der Waals surface area contributed by atoms with Crippen LogP contribution in [0.4, 0.5) is 0 Å². The van der Waals surface area contributed by atoms with E-state index in [4.69, 9.17) is 9.47 Å². The average Bonchev–Trinajstić information content (AvgIpc) is 2.45. The highest BCUT2D eigenvalue weighted by molar-refractivity contribution is 5.31. The van der Waals surface area contributed by atoms with Gasteiger partial charge in [0.15, 0.2) is 0 Å². The zero-order chi connectivity index (χ0) is 15.1. The summed E-state index contributed by atoms with van der Waals surface area (Å²) in [4.78, 5) is 2.27. The van der Waals surface area contributed by atoms with Gasteiger partial charge in [0, 0.05) is 13.1 Å². The molecule has 1 N–H and O–H groups in total. The molecule has 0 aromatic heterocycles. The van der Waals surface area contributed by atoms with Gasteiger partial charge in [-0.2, -0.15) is 0 Å². The molecule has 1 fully saturated rings. The Hall–Kier alpha value is -1.26. The fourth-order valence-corrected chi connectivity index (χ4v) is 2.66. The lowest BCUT2D eigenvalue weighted by atomic mass is 9.95. The summed E-state index contributed by atoms with van der Waals surface area (Å²) in [6.07, 6.45) is 2.96. The van der Waals surface area contributed by atoms with Gasteiger partial charge in [0.25, 0.3) is 0 Å². The quantitative estimate of drug-likeness (QED) is 0.839. The van der Waals surface area contributed by atoms with Gasteiger partial charge in [0.1, 0.15) is 18.1 Å². The summed E-state index contributed by atoms with van der Waals surface area (Å²) in [6.45, 7) is 8.03. The first-order valence-electron chi connectivity index (χ1n) is 7.89. The second kappa shape index (κ2) is 7.66. The third-order valence-electron chi connectivity index (χ3n) is 3.73. The highest BCUT2D eigenvalue weighted by Crippen LogP contribution is 2.20. The molecule has 0 bridgehead atoms. The minimum absolute atomic E-state index is 0.545. The zero-order valence-corrected chi connectivity index (χ0v) is 13.2. The minimum atomic E-state index is -0.545. The van der Waals surface area contributed by atoms with Gasteiger partial charge in [-0.25, -0.2) is 0 Å². The van der Waals surface area contributed by atoms with Crippen LogP contribution in [0.5, 0.6) is 11.5 Å². The molecule has 0 saturated carbocycles. The Morgan fingerprint density at radius 1 is 1.14 bits per heavy atom. The van der Waals surface area contributed by atoms with E-state index in [0.29, 0.717) is 6.61 Å². The lowest BCUT2D eigenvalue weighted by Crippen LogP contribution is -2.47. The van der Waals surface area contributed by atoms with Gasteiger partial charge in [-0.3, -0.25) is 4.90 Å². The molecule has 4 nitrogen and oxygen atoms in total. The first-order valence-corrected chi connectivity index (χ1v) is 7.89. The van der Waals surface area contributed by atoms with Crippen molar-refractivity contribution in [1.82, 2.24) is 4.90 Å². The number of aliphatic hydroxyl groups is 1.